The summed E-state index contributed by atoms with van der Waals surface area (Å²) < 4.78 is 10.8. The number of para-hydroxylation sites is 1. The number of hydrogen-bond acceptors (Lipinski definition) is 5. The summed E-state index contributed by atoms with van der Waals surface area (Å²) in [6.07, 6.45) is 2.44. The number of nitrogens with one attached hydrogen (secondary N) is 1. The minimum absolute atomic E-state index is 0.0588. The SMILES string of the molecule is CCc1ccc(NC2=C(c3ccccc3OC)C(=O)N(Cc3ccco3)C2=O)cc1. The van der Waals surface area contributed by atoms with Crippen molar-refractivity contribution in [3.05, 3.63) is 89.5 Å². The van der Waals surface area contributed by atoms with Crippen molar-refractivity contribution in [2.45, 2.75) is 19.9 Å². The number of nitrogens with zero attached hydrogens (tertiary/aromatic N) is 1. The van der Waals surface area contributed by atoms with Crippen molar-refractivity contribution in [2.24, 2.45) is 0 Å². The molecule has 2 aromatic carbocycles. The molecular formula is C24H22N2O4. The van der Waals surface area contributed by atoms with E-state index in [-0.39, 0.29) is 17.8 Å². The first-order valence-electron chi connectivity index (χ1n) is 9.74. The van der Waals surface area contributed by atoms with Crippen LogP contribution in [0.4, 0.5) is 5.69 Å². The van der Waals surface area contributed by atoms with E-state index in [0.29, 0.717) is 17.1 Å². The van der Waals surface area contributed by atoms with Gasteiger partial charge in [-0.1, -0.05) is 37.3 Å². The number of methoxy groups -OCH3 is 1. The number of rotatable bonds is 7. The van der Waals surface area contributed by atoms with Gasteiger partial charge in [-0.15, -0.1) is 0 Å². The van der Waals surface area contributed by atoms with Crippen LogP contribution in [0.3, 0.4) is 0 Å². The summed E-state index contributed by atoms with van der Waals surface area (Å²) in [6.45, 7) is 2.14. The summed E-state index contributed by atoms with van der Waals surface area (Å²) in [6, 6.07) is 18.4. The van der Waals surface area contributed by atoms with Gasteiger partial charge < -0.3 is 14.5 Å². The topological polar surface area (TPSA) is 71.8 Å². The van der Waals surface area contributed by atoms with Crippen LogP contribution in [0.15, 0.2) is 77.0 Å². The summed E-state index contributed by atoms with van der Waals surface area (Å²) in [4.78, 5) is 27.8. The number of hydrogen-bond donors (Lipinski definition) is 1. The van der Waals surface area contributed by atoms with E-state index in [1.165, 1.54) is 23.8 Å². The molecule has 3 aromatic rings. The number of imide groups is 1. The normalized spacial score (nSPS) is 13.9. The van der Waals surface area contributed by atoms with Gasteiger partial charge in [-0.3, -0.25) is 14.5 Å². The second kappa shape index (κ2) is 8.29. The molecule has 0 aliphatic carbocycles. The van der Waals surface area contributed by atoms with Gasteiger partial charge in [-0.05, 0) is 42.3 Å². The van der Waals surface area contributed by atoms with E-state index in [1.54, 1.807) is 24.3 Å². The van der Waals surface area contributed by atoms with Crippen LogP contribution < -0.4 is 10.1 Å². The molecule has 30 heavy (non-hydrogen) atoms. The highest BCUT2D eigenvalue weighted by Crippen LogP contribution is 2.35. The molecule has 6 nitrogen and oxygen atoms in total. The second-order valence-corrected chi connectivity index (χ2v) is 6.90. The molecule has 2 heterocycles. The molecule has 152 valence electrons. The van der Waals surface area contributed by atoms with Crippen molar-refractivity contribution < 1.29 is 18.7 Å². The molecule has 0 unspecified atom stereocenters. The van der Waals surface area contributed by atoms with Gasteiger partial charge in [0, 0.05) is 11.3 Å². The zero-order chi connectivity index (χ0) is 21.1. The van der Waals surface area contributed by atoms with Crippen molar-refractivity contribution in [2.75, 3.05) is 12.4 Å². The van der Waals surface area contributed by atoms with Gasteiger partial charge in [-0.2, -0.15) is 0 Å². The molecule has 0 saturated heterocycles. The molecule has 1 aliphatic rings. The molecule has 0 bridgehead atoms. The van der Waals surface area contributed by atoms with Gasteiger partial charge in [-0.25, -0.2) is 0 Å². The Hall–Kier alpha value is -3.80. The molecule has 1 N–H and O–H groups in total. The summed E-state index contributed by atoms with van der Waals surface area (Å²) in [5.41, 5.74) is 2.99. The third-order valence-electron chi connectivity index (χ3n) is 5.07. The Morgan fingerprint density at radius 3 is 2.40 bits per heavy atom. The van der Waals surface area contributed by atoms with Crippen LogP contribution in [0, 0.1) is 0 Å². The van der Waals surface area contributed by atoms with Crippen LogP contribution in [0.25, 0.3) is 5.57 Å². The highest BCUT2D eigenvalue weighted by Gasteiger charge is 2.40. The number of carbonyl (C=O) groups is 2. The lowest BCUT2D eigenvalue weighted by atomic mass is 10.0. The summed E-state index contributed by atoms with van der Waals surface area (Å²) in [5.74, 6) is 0.254. The smallest absolute Gasteiger partial charge is 0.278 e. The Balaban J connectivity index is 1.77. The Morgan fingerprint density at radius 1 is 0.967 bits per heavy atom. The first kappa shape index (κ1) is 19.5. The predicted molar refractivity (Wildman–Crippen MR) is 114 cm³/mol. The van der Waals surface area contributed by atoms with E-state index >= 15 is 0 Å². The summed E-state index contributed by atoms with van der Waals surface area (Å²) >= 11 is 0. The fourth-order valence-electron chi connectivity index (χ4n) is 3.46. The molecule has 0 saturated carbocycles. The lowest BCUT2D eigenvalue weighted by molar-refractivity contribution is -0.137. The van der Waals surface area contributed by atoms with Gasteiger partial charge in [0.25, 0.3) is 11.8 Å². The van der Waals surface area contributed by atoms with Crippen molar-refractivity contribution in [3.8, 4) is 5.75 Å². The van der Waals surface area contributed by atoms with Gasteiger partial charge in [0.2, 0.25) is 0 Å². The van der Waals surface area contributed by atoms with Gasteiger partial charge in [0.15, 0.2) is 0 Å². The number of carbonyl (C=O) groups excluding carboxylic acids is 2. The summed E-state index contributed by atoms with van der Waals surface area (Å²) in [7, 11) is 1.54. The molecule has 0 spiro atoms. The average Bonchev–Trinajstić information content (AvgIpc) is 3.37. The zero-order valence-electron chi connectivity index (χ0n) is 16.8. The van der Waals surface area contributed by atoms with Crippen LogP contribution in [0.5, 0.6) is 5.75 Å². The van der Waals surface area contributed by atoms with Crippen LogP contribution in [0.2, 0.25) is 0 Å². The van der Waals surface area contributed by atoms with E-state index in [9.17, 15) is 9.59 Å². The van der Waals surface area contributed by atoms with Crippen LogP contribution in [-0.2, 0) is 22.6 Å². The maximum Gasteiger partial charge on any atom is 0.278 e. The third-order valence-corrected chi connectivity index (χ3v) is 5.07. The highest BCUT2D eigenvalue weighted by molar-refractivity contribution is 6.36. The molecule has 6 heteroatoms. The number of amides is 2. The lowest BCUT2D eigenvalue weighted by Gasteiger charge is -2.14. The van der Waals surface area contributed by atoms with E-state index in [0.717, 1.165) is 12.1 Å². The molecule has 0 radical (unpaired) electrons. The Bertz CT molecular complexity index is 1100. The molecule has 2 amide bonds. The van der Waals surface area contributed by atoms with Crippen molar-refractivity contribution in [3.63, 3.8) is 0 Å². The molecule has 0 fully saturated rings. The monoisotopic (exact) mass is 402 g/mol. The van der Waals surface area contributed by atoms with Crippen LogP contribution in [-0.4, -0.2) is 23.8 Å². The van der Waals surface area contributed by atoms with Crippen LogP contribution >= 0.6 is 0 Å². The Morgan fingerprint density at radius 2 is 1.73 bits per heavy atom. The number of aryl methyl sites for hydroxylation is 1. The number of furan rings is 1. The molecule has 4 rings (SSSR count). The molecular weight excluding hydrogens is 380 g/mol. The average molecular weight is 402 g/mol. The standard InChI is InChI=1S/C24H22N2O4/c1-3-16-10-12-17(13-11-16)25-22-21(19-8-4-5-9-20(19)29-2)23(27)26(24(22)28)15-18-7-6-14-30-18/h4-14,25H,3,15H2,1-2H3. The van der Waals surface area contributed by atoms with Gasteiger partial charge in [0.1, 0.15) is 17.2 Å². The number of anilines is 1. The highest BCUT2D eigenvalue weighted by atomic mass is 16.5. The fourth-order valence-corrected chi connectivity index (χ4v) is 3.46. The Labute approximate surface area is 174 Å². The first-order chi connectivity index (χ1) is 14.6. The third kappa shape index (κ3) is 3.59. The molecule has 0 atom stereocenters. The van der Waals surface area contributed by atoms with E-state index < -0.39 is 11.8 Å². The number of ether oxygens (including phenoxy) is 1. The largest absolute Gasteiger partial charge is 0.496 e. The van der Waals surface area contributed by atoms with Gasteiger partial charge in [0.05, 0.1) is 25.5 Å². The maximum absolute atomic E-state index is 13.3. The Kier molecular flexibility index (Phi) is 5.39. The first-order valence-corrected chi connectivity index (χ1v) is 9.74. The minimum atomic E-state index is -0.406. The summed E-state index contributed by atoms with van der Waals surface area (Å²) in [5, 5.41) is 3.16. The maximum atomic E-state index is 13.3. The van der Waals surface area contributed by atoms with Crippen LogP contribution in [0.1, 0.15) is 23.8 Å². The quantitative estimate of drug-likeness (QED) is 0.599. The molecule has 1 aliphatic heterocycles. The zero-order valence-corrected chi connectivity index (χ0v) is 16.8. The molecule has 1 aromatic heterocycles. The van der Waals surface area contributed by atoms with E-state index in [1.807, 2.05) is 36.4 Å². The van der Waals surface area contributed by atoms with Crippen molar-refractivity contribution in [1.82, 2.24) is 4.90 Å². The van der Waals surface area contributed by atoms with Crippen molar-refractivity contribution >= 4 is 23.1 Å². The van der Waals surface area contributed by atoms with E-state index in [4.69, 9.17) is 9.15 Å². The number of benzene rings is 2. The van der Waals surface area contributed by atoms with Gasteiger partial charge >= 0.3 is 0 Å². The van der Waals surface area contributed by atoms with E-state index in [2.05, 4.69) is 12.2 Å². The van der Waals surface area contributed by atoms with Crippen molar-refractivity contribution in [1.29, 1.82) is 0 Å². The predicted octanol–water partition coefficient (Wildman–Crippen LogP) is 4.24. The lowest BCUT2D eigenvalue weighted by Crippen LogP contribution is -2.31. The second-order valence-electron chi connectivity index (χ2n) is 6.90. The minimum Gasteiger partial charge on any atom is -0.496 e. The fraction of sp³-hybridized carbons (Fsp3) is 0.167.